The van der Waals surface area contributed by atoms with E-state index in [0.29, 0.717) is 51.6 Å². The first kappa shape index (κ1) is 20.3. The molecule has 8 nitrogen and oxygen atoms in total. The third kappa shape index (κ3) is 4.05. The molecular formula is C23H22N4O4. The van der Waals surface area contributed by atoms with Crippen molar-refractivity contribution in [3.63, 3.8) is 0 Å². The lowest BCUT2D eigenvalue weighted by Crippen LogP contribution is -2.12. The van der Waals surface area contributed by atoms with Gasteiger partial charge in [0.05, 0.1) is 30.8 Å². The molecule has 3 heterocycles. The number of fused-ring (bicyclic) bond motifs is 1. The maximum Gasteiger partial charge on any atom is 0.258 e. The molecule has 0 radical (unpaired) electrons. The highest BCUT2D eigenvalue weighted by Gasteiger charge is 2.13. The molecule has 0 aliphatic heterocycles. The van der Waals surface area contributed by atoms with Crippen LogP contribution in [0.1, 0.15) is 22.6 Å². The highest BCUT2D eigenvalue weighted by Crippen LogP contribution is 2.30. The molecule has 3 aromatic heterocycles. The van der Waals surface area contributed by atoms with Gasteiger partial charge in [-0.05, 0) is 49.2 Å². The van der Waals surface area contributed by atoms with E-state index in [0.717, 1.165) is 11.3 Å². The molecule has 0 amide bonds. The highest BCUT2D eigenvalue weighted by atomic mass is 16.5. The molecular weight excluding hydrogens is 396 g/mol. The van der Waals surface area contributed by atoms with E-state index < -0.39 is 0 Å². The maximum atomic E-state index is 12.6. The Hall–Kier alpha value is -3.94. The van der Waals surface area contributed by atoms with Crippen molar-refractivity contribution in [2.24, 2.45) is 0 Å². The fourth-order valence-electron chi connectivity index (χ4n) is 3.54. The number of rotatable bonds is 5. The average Bonchev–Trinajstić information content (AvgIpc) is 2.72. The van der Waals surface area contributed by atoms with E-state index in [-0.39, 0.29) is 11.3 Å². The van der Waals surface area contributed by atoms with E-state index in [1.54, 1.807) is 24.4 Å². The summed E-state index contributed by atoms with van der Waals surface area (Å²) in [7, 11) is 3.04. The van der Waals surface area contributed by atoms with Crippen molar-refractivity contribution in [3.8, 4) is 28.6 Å². The van der Waals surface area contributed by atoms with Crippen LogP contribution in [-0.2, 0) is 6.42 Å². The van der Waals surface area contributed by atoms with Crippen molar-refractivity contribution in [1.29, 1.82) is 0 Å². The van der Waals surface area contributed by atoms with E-state index in [9.17, 15) is 9.90 Å². The molecule has 4 rings (SSSR count). The van der Waals surface area contributed by atoms with Crippen LogP contribution in [0.25, 0.3) is 22.3 Å². The van der Waals surface area contributed by atoms with Gasteiger partial charge in [-0.3, -0.25) is 14.8 Å². The minimum Gasteiger partial charge on any atom is -0.506 e. The molecule has 0 atom stereocenters. The Bertz CT molecular complexity index is 1330. The zero-order valence-electron chi connectivity index (χ0n) is 17.7. The van der Waals surface area contributed by atoms with Crippen LogP contribution < -0.4 is 15.0 Å². The molecule has 2 N–H and O–H groups in total. The number of hydrogen-bond acceptors (Lipinski definition) is 7. The number of nitrogens with zero attached hydrogens (tertiary/aromatic N) is 3. The summed E-state index contributed by atoms with van der Waals surface area (Å²) in [6.07, 6.45) is 1.94. The van der Waals surface area contributed by atoms with Gasteiger partial charge in [0.25, 0.3) is 5.56 Å². The van der Waals surface area contributed by atoms with Gasteiger partial charge in [-0.2, -0.15) is 0 Å². The monoisotopic (exact) mass is 418 g/mol. The molecule has 158 valence electrons. The molecule has 0 fully saturated rings. The predicted octanol–water partition coefficient (Wildman–Crippen LogP) is 3.31. The fourth-order valence-corrected chi connectivity index (χ4v) is 3.54. The first-order valence-corrected chi connectivity index (χ1v) is 9.66. The summed E-state index contributed by atoms with van der Waals surface area (Å²) >= 11 is 0. The van der Waals surface area contributed by atoms with Gasteiger partial charge in [0.1, 0.15) is 17.3 Å². The van der Waals surface area contributed by atoms with E-state index in [1.807, 2.05) is 26.0 Å². The number of pyridine rings is 2. The van der Waals surface area contributed by atoms with Crippen LogP contribution in [0.3, 0.4) is 0 Å². The van der Waals surface area contributed by atoms with Crippen molar-refractivity contribution in [2.45, 2.75) is 20.3 Å². The molecule has 4 aromatic rings. The second kappa shape index (κ2) is 8.06. The SMILES string of the molecule is COc1cc2nc(Cc3cnc(-c4cc(C)cc(C)n4)c(O)c3)[nH]c(=O)c2cc1OC. The summed E-state index contributed by atoms with van der Waals surface area (Å²) < 4.78 is 10.6. The summed E-state index contributed by atoms with van der Waals surface area (Å²) in [5.41, 5.74) is 3.82. The van der Waals surface area contributed by atoms with Gasteiger partial charge >= 0.3 is 0 Å². The van der Waals surface area contributed by atoms with Gasteiger partial charge in [-0.1, -0.05) is 0 Å². The van der Waals surface area contributed by atoms with Crippen molar-refractivity contribution in [2.75, 3.05) is 14.2 Å². The lowest BCUT2D eigenvalue weighted by Gasteiger charge is -2.10. The smallest absolute Gasteiger partial charge is 0.258 e. The van der Waals surface area contributed by atoms with Crippen LogP contribution in [0.5, 0.6) is 17.2 Å². The summed E-state index contributed by atoms with van der Waals surface area (Å²) in [5.74, 6) is 1.41. The number of aryl methyl sites for hydroxylation is 2. The number of nitrogens with one attached hydrogen (secondary N) is 1. The lowest BCUT2D eigenvalue weighted by molar-refractivity contribution is 0.355. The second-order valence-electron chi connectivity index (χ2n) is 7.30. The number of aromatic amines is 1. The minimum atomic E-state index is -0.283. The molecule has 0 spiro atoms. The molecule has 0 bridgehead atoms. The number of aromatic nitrogens is 4. The van der Waals surface area contributed by atoms with Crippen LogP contribution in [0.4, 0.5) is 0 Å². The van der Waals surface area contributed by atoms with Crippen molar-refractivity contribution >= 4 is 10.9 Å². The van der Waals surface area contributed by atoms with Crippen LogP contribution in [0.2, 0.25) is 0 Å². The minimum absolute atomic E-state index is 0.0181. The zero-order chi connectivity index (χ0) is 22.1. The Balaban J connectivity index is 1.69. The highest BCUT2D eigenvalue weighted by molar-refractivity contribution is 5.81. The Kier molecular flexibility index (Phi) is 5.29. The number of ether oxygens (including phenoxy) is 2. The van der Waals surface area contributed by atoms with Gasteiger partial charge in [0, 0.05) is 24.4 Å². The quantitative estimate of drug-likeness (QED) is 0.512. The molecule has 0 saturated heterocycles. The summed E-state index contributed by atoms with van der Waals surface area (Å²) in [6, 6.07) is 8.71. The van der Waals surface area contributed by atoms with E-state index in [2.05, 4.69) is 19.9 Å². The fraction of sp³-hybridized carbons (Fsp3) is 0.217. The summed E-state index contributed by atoms with van der Waals surface area (Å²) in [5, 5.41) is 10.9. The number of aromatic hydroxyl groups is 1. The van der Waals surface area contributed by atoms with Gasteiger partial charge in [0.2, 0.25) is 0 Å². The molecule has 0 aliphatic rings. The van der Waals surface area contributed by atoms with E-state index >= 15 is 0 Å². The van der Waals surface area contributed by atoms with Gasteiger partial charge < -0.3 is 19.6 Å². The molecule has 0 saturated carbocycles. The topological polar surface area (TPSA) is 110 Å². The Morgan fingerprint density at radius 1 is 1.00 bits per heavy atom. The van der Waals surface area contributed by atoms with Crippen LogP contribution >= 0.6 is 0 Å². The van der Waals surface area contributed by atoms with Gasteiger partial charge in [-0.15, -0.1) is 0 Å². The molecule has 0 unspecified atom stereocenters. The molecule has 8 heteroatoms. The normalized spacial score (nSPS) is 11.0. The number of benzene rings is 1. The Morgan fingerprint density at radius 3 is 2.42 bits per heavy atom. The average molecular weight is 418 g/mol. The number of methoxy groups -OCH3 is 2. The van der Waals surface area contributed by atoms with Crippen LogP contribution in [-0.4, -0.2) is 39.3 Å². The first-order valence-electron chi connectivity index (χ1n) is 9.66. The number of H-pyrrole nitrogens is 1. The van der Waals surface area contributed by atoms with Gasteiger partial charge in [-0.25, -0.2) is 4.98 Å². The first-order chi connectivity index (χ1) is 14.9. The van der Waals surface area contributed by atoms with E-state index in [1.165, 1.54) is 14.2 Å². The van der Waals surface area contributed by atoms with E-state index in [4.69, 9.17) is 9.47 Å². The Morgan fingerprint density at radius 2 is 1.74 bits per heavy atom. The molecule has 31 heavy (non-hydrogen) atoms. The third-order valence-electron chi connectivity index (χ3n) is 4.90. The largest absolute Gasteiger partial charge is 0.506 e. The third-order valence-corrected chi connectivity index (χ3v) is 4.90. The van der Waals surface area contributed by atoms with Crippen molar-refractivity contribution < 1.29 is 14.6 Å². The van der Waals surface area contributed by atoms with Crippen molar-refractivity contribution in [3.05, 3.63) is 69.5 Å². The predicted molar refractivity (Wildman–Crippen MR) is 117 cm³/mol. The summed E-state index contributed by atoms with van der Waals surface area (Å²) in [4.78, 5) is 28.7. The Labute approximate surface area is 178 Å². The van der Waals surface area contributed by atoms with Crippen LogP contribution in [0.15, 0.2) is 41.3 Å². The lowest BCUT2D eigenvalue weighted by atomic mass is 10.1. The maximum absolute atomic E-state index is 12.6. The molecule has 1 aromatic carbocycles. The second-order valence-corrected chi connectivity index (χ2v) is 7.30. The zero-order valence-corrected chi connectivity index (χ0v) is 17.7. The molecule has 0 aliphatic carbocycles. The number of hydrogen-bond donors (Lipinski definition) is 2. The summed E-state index contributed by atoms with van der Waals surface area (Å²) in [6.45, 7) is 3.87. The van der Waals surface area contributed by atoms with Gasteiger partial charge in [0.15, 0.2) is 11.5 Å². The standard InChI is InChI=1S/C23H22N4O4/c1-12-5-13(2)25-17(6-12)22-18(28)7-14(11-24-22)8-21-26-16-10-20(31-4)19(30-3)9-15(16)23(29)27-21/h5-7,9-11,28H,8H2,1-4H3,(H,26,27,29). The van der Waals surface area contributed by atoms with Crippen LogP contribution in [0, 0.1) is 13.8 Å². The van der Waals surface area contributed by atoms with Crippen molar-refractivity contribution in [1.82, 2.24) is 19.9 Å².